The summed E-state index contributed by atoms with van der Waals surface area (Å²) in [6, 6.07) is 0.339. The first kappa shape index (κ1) is 14.1. The van der Waals surface area contributed by atoms with Gasteiger partial charge < -0.3 is 10.0 Å². The summed E-state index contributed by atoms with van der Waals surface area (Å²) >= 11 is 0. The van der Waals surface area contributed by atoms with E-state index in [4.69, 9.17) is 5.11 Å². The molecule has 4 heteroatoms. The van der Waals surface area contributed by atoms with Crippen molar-refractivity contribution in [1.29, 1.82) is 0 Å². The minimum absolute atomic E-state index is 0.0727. The van der Waals surface area contributed by atoms with E-state index in [0.29, 0.717) is 17.5 Å². The Hall–Kier alpha value is -1.32. The molecule has 2 atom stereocenters. The van der Waals surface area contributed by atoms with Crippen molar-refractivity contribution in [3.63, 3.8) is 0 Å². The predicted octanol–water partition coefficient (Wildman–Crippen LogP) is 2.59. The van der Waals surface area contributed by atoms with Gasteiger partial charge in [-0.15, -0.1) is 0 Å². The van der Waals surface area contributed by atoms with Crippen LogP contribution in [0.4, 0.5) is 0 Å². The SMILES string of the molecule is C/C(C(=O)O)=C(\C)C(=O)N1CCCC2CCCCC21. The van der Waals surface area contributed by atoms with Crippen LogP contribution in [0.1, 0.15) is 52.4 Å². The molecule has 0 aromatic rings. The number of nitrogens with zero attached hydrogens (tertiary/aromatic N) is 1. The van der Waals surface area contributed by atoms with Crippen LogP contribution in [0.3, 0.4) is 0 Å². The average Bonchev–Trinajstić information content (AvgIpc) is 2.44. The van der Waals surface area contributed by atoms with Crippen LogP contribution in [-0.4, -0.2) is 34.5 Å². The van der Waals surface area contributed by atoms with Gasteiger partial charge in [0.2, 0.25) is 5.91 Å². The Morgan fingerprint density at radius 1 is 1.00 bits per heavy atom. The highest BCUT2D eigenvalue weighted by atomic mass is 16.4. The van der Waals surface area contributed by atoms with Crippen molar-refractivity contribution in [2.45, 2.75) is 58.4 Å². The lowest BCUT2D eigenvalue weighted by Crippen LogP contribution is -2.50. The topological polar surface area (TPSA) is 57.6 Å². The number of aliphatic carboxylic acids is 1. The number of carboxylic acid groups (broad SMARTS) is 1. The number of hydrogen-bond acceptors (Lipinski definition) is 2. The molecule has 1 aliphatic carbocycles. The van der Waals surface area contributed by atoms with E-state index in [9.17, 15) is 9.59 Å². The minimum atomic E-state index is -0.997. The first-order chi connectivity index (χ1) is 9.02. The normalized spacial score (nSPS) is 28.4. The number of likely N-dealkylation sites (tertiary alicyclic amines) is 1. The Bertz CT molecular complexity index is 412. The average molecular weight is 265 g/mol. The zero-order valence-corrected chi connectivity index (χ0v) is 11.8. The summed E-state index contributed by atoms with van der Waals surface area (Å²) in [4.78, 5) is 25.4. The number of carbonyl (C=O) groups is 2. The molecule has 2 fully saturated rings. The van der Waals surface area contributed by atoms with Crippen LogP contribution in [0.25, 0.3) is 0 Å². The van der Waals surface area contributed by atoms with Crippen molar-refractivity contribution in [3.8, 4) is 0 Å². The fourth-order valence-electron chi connectivity index (χ4n) is 3.41. The number of carboxylic acids is 1. The summed E-state index contributed by atoms with van der Waals surface area (Å²) in [5, 5.41) is 9.00. The number of piperidine rings is 1. The molecule has 1 heterocycles. The third kappa shape index (κ3) is 2.82. The smallest absolute Gasteiger partial charge is 0.331 e. The van der Waals surface area contributed by atoms with Gasteiger partial charge in [0.25, 0.3) is 0 Å². The number of carbonyl (C=O) groups excluding carboxylic acids is 1. The predicted molar refractivity (Wildman–Crippen MR) is 72.7 cm³/mol. The van der Waals surface area contributed by atoms with Crippen molar-refractivity contribution in [2.24, 2.45) is 5.92 Å². The minimum Gasteiger partial charge on any atom is -0.478 e. The standard InChI is InChI=1S/C15H23NO3/c1-10(11(2)15(18)19)14(17)16-9-5-7-12-6-3-4-8-13(12)16/h12-13H,3-9H2,1-2H3,(H,18,19)/b11-10-. The molecule has 0 aromatic heterocycles. The number of hydrogen-bond donors (Lipinski definition) is 1. The van der Waals surface area contributed by atoms with E-state index in [1.54, 1.807) is 6.92 Å². The molecule has 2 unspecified atom stereocenters. The number of rotatable bonds is 2. The van der Waals surface area contributed by atoms with Gasteiger partial charge in [0, 0.05) is 23.7 Å². The van der Waals surface area contributed by atoms with Gasteiger partial charge in [0.15, 0.2) is 0 Å². The van der Waals surface area contributed by atoms with Crippen molar-refractivity contribution < 1.29 is 14.7 Å². The second-order valence-electron chi connectivity index (χ2n) is 5.81. The van der Waals surface area contributed by atoms with Gasteiger partial charge in [-0.2, -0.15) is 0 Å². The van der Waals surface area contributed by atoms with E-state index in [1.807, 2.05) is 4.90 Å². The third-order valence-corrected chi connectivity index (χ3v) is 4.71. The zero-order valence-electron chi connectivity index (χ0n) is 11.8. The van der Waals surface area contributed by atoms with Gasteiger partial charge in [0.1, 0.15) is 0 Å². The van der Waals surface area contributed by atoms with Gasteiger partial charge in [0.05, 0.1) is 0 Å². The van der Waals surface area contributed by atoms with E-state index < -0.39 is 5.97 Å². The fourth-order valence-corrected chi connectivity index (χ4v) is 3.41. The summed E-state index contributed by atoms with van der Waals surface area (Å²) in [6.07, 6.45) is 7.02. The lowest BCUT2D eigenvalue weighted by atomic mass is 9.78. The van der Waals surface area contributed by atoms with Crippen molar-refractivity contribution in [3.05, 3.63) is 11.1 Å². The summed E-state index contributed by atoms with van der Waals surface area (Å²) in [6.45, 7) is 3.93. The van der Waals surface area contributed by atoms with Crippen molar-refractivity contribution in [2.75, 3.05) is 6.54 Å². The van der Waals surface area contributed by atoms with Crippen LogP contribution in [0.5, 0.6) is 0 Å². The van der Waals surface area contributed by atoms with Crippen LogP contribution in [0, 0.1) is 5.92 Å². The molecular formula is C15H23NO3. The molecule has 1 amide bonds. The summed E-state index contributed by atoms with van der Waals surface area (Å²) in [5.74, 6) is -0.441. The second-order valence-corrected chi connectivity index (χ2v) is 5.81. The number of amides is 1. The van der Waals surface area contributed by atoms with Crippen LogP contribution < -0.4 is 0 Å². The van der Waals surface area contributed by atoms with Gasteiger partial charge in [-0.3, -0.25) is 4.79 Å². The molecule has 1 aliphatic heterocycles. The summed E-state index contributed by atoms with van der Waals surface area (Å²) in [7, 11) is 0. The molecule has 19 heavy (non-hydrogen) atoms. The Kier molecular flexibility index (Phi) is 4.27. The Balaban J connectivity index is 2.18. The maximum atomic E-state index is 12.5. The first-order valence-corrected chi connectivity index (χ1v) is 7.24. The molecule has 0 bridgehead atoms. The lowest BCUT2D eigenvalue weighted by molar-refractivity contribution is -0.136. The maximum absolute atomic E-state index is 12.5. The van der Waals surface area contributed by atoms with Crippen molar-refractivity contribution >= 4 is 11.9 Å². The quantitative estimate of drug-likeness (QED) is 0.781. The highest BCUT2D eigenvalue weighted by molar-refractivity contribution is 6.01. The van der Waals surface area contributed by atoms with Crippen LogP contribution in [0.15, 0.2) is 11.1 Å². The van der Waals surface area contributed by atoms with Crippen molar-refractivity contribution in [1.82, 2.24) is 4.90 Å². The molecule has 0 spiro atoms. The highest BCUT2D eigenvalue weighted by Gasteiger charge is 2.36. The van der Waals surface area contributed by atoms with Crippen LogP contribution in [-0.2, 0) is 9.59 Å². The highest BCUT2D eigenvalue weighted by Crippen LogP contribution is 2.35. The monoisotopic (exact) mass is 265 g/mol. The van der Waals surface area contributed by atoms with Gasteiger partial charge in [-0.1, -0.05) is 12.8 Å². The molecule has 2 rings (SSSR count). The largest absolute Gasteiger partial charge is 0.478 e. The van der Waals surface area contributed by atoms with Gasteiger partial charge in [-0.05, 0) is 45.4 Å². The van der Waals surface area contributed by atoms with Crippen LogP contribution in [0.2, 0.25) is 0 Å². The van der Waals surface area contributed by atoms with E-state index >= 15 is 0 Å². The van der Waals surface area contributed by atoms with E-state index in [2.05, 4.69) is 0 Å². The first-order valence-electron chi connectivity index (χ1n) is 7.24. The molecular weight excluding hydrogens is 242 g/mol. The lowest BCUT2D eigenvalue weighted by Gasteiger charge is -2.44. The molecule has 2 aliphatic rings. The van der Waals surface area contributed by atoms with E-state index in [1.165, 1.54) is 32.6 Å². The molecule has 1 saturated heterocycles. The molecule has 1 saturated carbocycles. The Morgan fingerprint density at radius 2 is 1.63 bits per heavy atom. The Morgan fingerprint density at radius 3 is 2.32 bits per heavy atom. The van der Waals surface area contributed by atoms with Gasteiger partial charge >= 0.3 is 5.97 Å². The number of fused-ring (bicyclic) bond motifs is 1. The molecule has 106 valence electrons. The molecule has 0 aromatic carbocycles. The molecule has 0 radical (unpaired) electrons. The zero-order chi connectivity index (χ0) is 14.0. The van der Waals surface area contributed by atoms with E-state index in [0.717, 1.165) is 19.4 Å². The third-order valence-electron chi connectivity index (χ3n) is 4.71. The fraction of sp³-hybridized carbons (Fsp3) is 0.733. The summed E-state index contributed by atoms with van der Waals surface area (Å²) < 4.78 is 0. The van der Waals surface area contributed by atoms with Gasteiger partial charge in [-0.25, -0.2) is 4.79 Å². The second kappa shape index (κ2) is 5.76. The maximum Gasteiger partial charge on any atom is 0.331 e. The Labute approximate surface area is 114 Å². The van der Waals surface area contributed by atoms with E-state index in [-0.39, 0.29) is 11.5 Å². The molecule has 1 N–H and O–H groups in total. The van der Waals surface area contributed by atoms with Crippen LogP contribution >= 0.6 is 0 Å². The summed E-state index contributed by atoms with van der Waals surface area (Å²) in [5.41, 5.74) is 0.557. The molecule has 4 nitrogen and oxygen atoms in total.